The molecule has 3 rings (SSSR count). The summed E-state index contributed by atoms with van der Waals surface area (Å²) >= 11 is 0. The number of methoxy groups -OCH3 is 1. The van der Waals surface area contributed by atoms with Gasteiger partial charge in [-0.3, -0.25) is 4.79 Å². The molecular formula is C21H18N2O3. The molecule has 0 spiro atoms. The highest BCUT2D eigenvalue weighted by atomic mass is 16.5. The normalized spacial score (nSPS) is 13.6. The summed E-state index contributed by atoms with van der Waals surface area (Å²) in [6.45, 7) is 1.68. The highest BCUT2D eigenvalue weighted by molar-refractivity contribution is 6.02. The molecule has 1 amide bonds. The molecule has 5 heteroatoms. The maximum Gasteiger partial charge on any atom is 0.235 e. The number of hydrogen-bond acceptors (Lipinski definition) is 4. The van der Waals surface area contributed by atoms with Crippen LogP contribution in [-0.2, 0) is 10.2 Å². The average molecular weight is 346 g/mol. The molecule has 1 N–H and O–H groups in total. The van der Waals surface area contributed by atoms with Gasteiger partial charge in [-0.15, -0.1) is 0 Å². The van der Waals surface area contributed by atoms with Gasteiger partial charge in [-0.1, -0.05) is 18.1 Å². The molecular weight excluding hydrogens is 328 g/mol. The van der Waals surface area contributed by atoms with Crippen LogP contribution in [0, 0.1) is 23.4 Å². The first-order valence-electron chi connectivity index (χ1n) is 8.22. The Balaban J connectivity index is 1.91. The zero-order chi connectivity index (χ0) is 18.6. The second-order valence-electron chi connectivity index (χ2n) is 6.02. The van der Waals surface area contributed by atoms with E-state index in [1.807, 2.05) is 12.1 Å². The largest absolute Gasteiger partial charge is 0.493 e. The first kappa shape index (κ1) is 17.4. The van der Waals surface area contributed by atoms with Crippen molar-refractivity contribution in [2.24, 2.45) is 0 Å². The number of carbonyl (C=O) groups is 1. The molecule has 130 valence electrons. The second kappa shape index (κ2) is 7.21. The molecule has 1 aliphatic carbocycles. The van der Waals surface area contributed by atoms with Crippen LogP contribution in [0.2, 0.25) is 0 Å². The molecule has 2 aromatic rings. The summed E-state index contributed by atoms with van der Waals surface area (Å²) in [5, 5.41) is 11.8. The van der Waals surface area contributed by atoms with Crippen molar-refractivity contribution in [1.82, 2.24) is 0 Å². The minimum atomic E-state index is -0.660. The van der Waals surface area contributed by atoms with E-state index in [1.54, 1.807) is 44.4 Å². The maximum absolute atomic E-state index is 13.0. The zero-order valence-corrected chi connectivity index (χ0v) is 14.6. The Kier molecular flexibility index (Phi) is 4.82. The summed E-state index contributed by atoms with van der Waals surface area (Å²) in [5.41, 5.74) is 1.31. The molecule has 0 saturated heterocycles. The quantitative estimate of drug-likeness (QED) is 0.840. The minimum Gasteiger partial charge on any atom is -0.493 e. The Bertz CT molecular complexity index is 926. The molecule has 0 heterocycles. The van der Waals surface area contributed by atoms with Crippen LogP contribution in [-0.4, -0.2) is 13.0 Å². The van der Waals surface area contributed by atoms with Crippen molar-refractivity contribution in [3.05, 3.63) is 53.6 Å². The fraction of sp³-hybridized carbons (Fsp3) is 0.238. The molecule has 2 aromatic carbocycles. The van der Waals surface area contributed by atoms with Crippen LogP contribution in [0.5, 0.6) is 11.5 Å². The number of amides is 1. The third-order valence-electron chi connectivity index (χ3n) is 4.43. The monoisotopic (exact) mass is 346 g/mol. The van der Waals surface area contributed by atoms with E-state index in [9.17, 15) is 4.79 Å². The highest BCUT2D eigenvalue weighted by Crippen LogP contribution is 2.53. The minimum absolute atomic E-state index is 0.107. The van der Waals surface area contributed by atoms with Gasteiger partial charge in [0.25, 0.3) is 0 Å². The van der Waals surface area contributed by atoms with Crippen molar-refractivity contribution in [1.29, 1.82) is 5.26 Å². The summed E-state index contributed by atoms with van der Waals surface area (Å²) < 4.78 is 10.9. The average Bonchev–Trinajstić information content (AvgIpc) is 3.48. The number of nitriles is 1. The number of ether oxygens (including phenoxy) is 2. The summed E-state index contributed by atoms with van der Waals surface area (Å²) in [6, 6.07) is 14.3. The lowest BCUT2D eigenvalue weighted by Crippen LogP contribution is -2.28. The number of nitrogens with zero attached hydrogens (tertiary/aromatic N) is 1. The van der Waals surface area contributed by atoms with Gasteiger partial charge in [-0.25, -0.2) is 0 Å². The van der Waals surface area contributed by atoms with Gasteiger partial charge in [0.15, 0.2) is 11.5 Å². The topological polar surface area (TPSA) is 71.3 Å². The molecule has 0 unspecified atom stereocenters. The Labute approximate surface area is 152 Å². The van der Waals surface area contributed by atoms with Gasteiger partial charge in [0.1, 0.15) is 6.11 Å². The van der Waals surface area contributed by atoms with E-state index in [0.717, 1.165) is 18.4 Å². The molecule has 0 aromatic heterocycles. The zero-order valence-electron chi connectivity index (χ0n) is 14.6. The molecule has 0 bridgehead atoms. The molecule has 0 radical (unpaired) electrons. The lowest BCUT2D eigenvalue weighted by Gasteiger charge is -2.19. The van der Waals surface area contributed by atoms with Crippen molar-refractivity contribution in [2.75, 3.05) is 12.4 Å². The number of para-hydroxylation sites is 1. The molecule has 0 aliphatic heterocycles. The van der Waals surface area contributed by atoms with Crippen LogP contribution in [0.3, 0.4) is 0 Å². The lowest BCUT2D eigenvalue weighted by molar-refractivity contribution is -0.118. The van der Waals surface area contributed by atoms with Crippen LogP contribution >= 0.6 is 0 Å². The van der Waals surface area contributed by atoms with Crippen molar-refractivity contribution in [3.63, 3.8) is 0 Å². The van der Waals surface area contributed by atoms with Gasteiger partial charge in [0.05, 0.1) is 24.2 Å². The first-order valence-corrected chi connectivity index (χ1v) is 8.22. The number of benzene rings is 2. The Morgan fingerprint density at radius 1 is 1.19 bits per heavy atom. The van der Waals surface area contributed by atoms with Crippen molar-refractivity contribution < 1.29 is 14.3 Å². The lowest BCUT2D eigenvalue weighted by atomic mass is 9.93. The van der Waals surface area contributed by atoms with E-state index < -0.39 is 5.41 Å². The molecule has 1 aliphatic rings. The number of hydrogen-bond donors (Lipinski definition) is 1. The van der Waals surface area contributed by atoms with E-state index in [4.69, 9.17) is 14.7 Å². The van der Waals surface area contributed by atoms with Gasteiger partial charge >= 0.3 is 0 Å². The Morgan fingerprint density at radius 3 is 2.50 bits per heavy atom. The van der Waals surface area contributed by atoms with Gasteiger partial charge in [-0.2, -0.15) is 5.26 Å². The highest BCUT2D eigenvalue weighted by Gasteiger charge is 2.53. The molecule has 0 atom stereocenters. The predicted octanol–water partition coefficient (Wildman–Crippen LogP) is 3.60. The molecule has 1 fully saturated rings. The first-order chi connectivity index (χ1) is 12.6. The van der Waals surface area contributed by atoms with Crippen molar-refractivity contribution in [2.45, 2.75) is 25.2 Å². The van der Waals surface area contributed by atoms with Crippen LogP contribution in [0.25, 0.3) is 0 Å². The Morgan fingerprint density at radius 2 is 1.92 bits per heavy atom. The number of carbonyl (C=O) groups excluding carboxylic acids is 1. The van der Waals surface area contributed by atoms with Gasteiger partial charge in [0, 0.05) is 18.2 Å². The van der Waals surface area contributed by atoms with E-state index in [1.165, 1.54) is 0 Å². The fourth-order valence-corrected chi connectivity index (χ4v) is 2.88. The number of rotatable bonds is 5. The summed E-state index contributed by atoms with van der Waals surface area (Å²) in [5.74, 6) is 3.61. The van der Waals surface area contributed by atoms with Crippen LogP contribution in [0.1, 0.15) is 30.9 Å². The molecule has 1 saturated carbocycles. The smallest absolute Gasteiger partial charge is 0.235 e. The molecule has 5 nitrogen and oxygen atoms in total. The number of nitrogens with one attached hydrogen (secondary N) is 1. The van der Waals surface area contributed by atoms with E-state index in [0.29, 0.717) is 22.7 Å². The fourth-order valence-electron chi connectivity index (χ4n) is 2.88. The van der Waals surface area contributed by atoms with Gasteiger partial charge in [0.2, 0.25) is 5.91 Å². The SMILES string of the molecule is CC#COc1c(OC)cccc1C1(C(=O)Nc2ccc(C#N)cc2)CC1. The predicted molar refractivity (Wildman–Crippen MR) is 97.8 cm³/mol. The van der Waals surface area contributed by atoms with Gasteiger partial charge < -0.3 is 14.8 Å². The van der Waals surface area contributed by atoms with Gasteiger partial charge in [-0.05, 0) is 43.2 Å². The molecule has 26 heavy (non-hydrogen) atoms. The van der Waals surface area contributed by atoms with Crippen LogP contribution in [0.15, 0.2) is 42.5 Å². The van der Waals surface area contributed by atoms with Crippen LogP contribution < -0.4 is 14.8 Å². The van der Waals surface area contributed by atoms with E-state index in [2.05, 4.69) is 23.4 Å². The summed E-state index contributed by atoms with van der Waals surface area (Å²) in [4.78, 5) is 13.0. The third kappa shape index (κ3) is 3.20. The third-order valence-corrected chi connectivity index (χ3v) is 4.43. The Hall–Kier alpha value is -3.44. The second-order valence-corrected chi connectivity index (χ2v) is 6.02. The summed E-state index contributed by atoms with van der Waals surface area (Å²) in [6.07, 6.45) is 4.03. The standard InChI is InChI=1S/C21H18N2O3/c1-3-13-26-19-17(5-4-6-18(19)25-2)21(11-12-21)20(24)23-16-9-7-15(14-22)8-10-16/h4-10H,11-12H2,1-2H3,(H,23,24). The van der Waals surface area contributed by atoms with E-state index in [-0.39, 0.29) is 5.91 Å². The van der Waals surface area contributed by atoms with Crippen molar-refractivity contribution >= 4 is 11.6 Å². The van der Waals surface area contributed by atoms with Crippen molar-refractivity contribution in [3.8, 4) is 29.6 Å². The van der Waals surface area contributed by atoms with Crippen LogP contribution in [0.4, 0.5) is 5.69 Å². The number of anilines is 1. The summed E-state index contributed by atoms with van der Waals surface area (Å²) in [7, 11) is 1.56. The van der Waals surface area contributed by atoms with E-state index >= 15 is 0 Å². The maximum atomic E-state index is 13.0.